The SMILES string of the molecule is CCC(=O)OC(CC1CCC(COC(=O)C(F)(F)F)CC1)C(F)(F)F. The molecule has 0 aliphatic heterocycles. The fourth-order valence-corrected chi connectivity index (χ4v) is 2.70. The van der Waals surface area contributed by atoms with Gasteiger partial charge in [0.2, 0.25) is 0 Å². The van der Waals surface area contributed by atoms with E-state index in [-0.39, 0.29) is 24.7 Å². The topological polar surface area (TPSA) is 52.6 Å². The summed E-state index contributed by atoms with van der Waals surface area (Å²) in [5.74, 6) is -3.87. The molecule has 0 heterocycles. The number of halogens is 6. The van der Waals surface area contributed by atoms with Crippen LogP contribution in [0, 0.1) is 11.8 Å². The molecule has 0 bridgehead atoms. The number of carbonyl (C=O) groups excluding carboxylic acids is 2. The third-order valence-corrected chi connectivity index (χ3v) is 4.12. The van der Waals surface area contributed by atoms with Crippen molar-refractivity contribution < 1.29 is 45.4 Å². The van der Waals surface area contributed by atoms with Gasteiger partial charge in [-0.1, -0.05) is 6.92 Å². The summed E-state index contributed by atoms with van der Waals surface area (Å²) >= 11 is 0. The van der Waals surface area contributed by atoms with Crippen LogP contribution < -0.4 is 0 Å². The maximum absolute atomic E-state index is 12.9. The number of hydrogen-bond acceptors (Lipinski definition) is 4. The second kappa shape index (κ2) is 8.75. The number of alkyl halides is 6. The van der Waals surface area contributed by atoms with Gasteiger partial charge in [0, 0.05) is 6.42 Å². The predicted octanol–water partition coefficient (Wildman–Crippen LogP) is 4.17. The molecule has 1 atom stereocenters. The summed E-state index contributed by atoms with van der Waals surface area (Å²) in [5.41, 5.74) is 0. The smallest absolute Gasteiger partial charge is 0.459 e. The fraction of sp³-hybridized carbons (Fsp3) is 0.867. The Morgan fingerprint density at radius 2 is 1.52 bits per heavy atom. The molecule has 1 unspecified atom stereocenters. The van der Waals surface area contributed by atoms with Crippen molar-refractivity contribution in [3.63, 3.8) is 0 Å². The van der Waals surface area contributed by atoms with Crippen LogP contribution in [0.25, 0.3) is 0 Å². The normalized spacial score (nSPS) is 23.0. The minimum Gasteiger partial charge on any atom is -0.459 e. The lowest BCUT2D eigenvalue weighted by Crippen LogP contribution is -2.36. The largest absolute Gasteiger partial charge is 0.490 e. The summed E-state index contributed by atoms with van der Waals surface area (Å²) in [6, 6.07) is 0. The Morgan fingerprint density at radius 3 is 1.96 bits per heavy atom. The molecule has 4 nitrogen and oxygen atoms in total. The van der Waals surface area contributed by atoms with E-state index in [9.17, 15) is 35.9 Å². The van der Waals surface area contributed by atoms with Gasteiger partial charge in [-0.15, -0.1) is 0 Å². The van der Waals surface area contributed by atoms with Crippen LogP contribution in [0.1, 0.15) is 45.4 Å². The number of hydrogen-bond donors (Lipinski definition) is 0. The number of ether oxygens (including phenoxy) is 2. The van der Waals surface area contributed by atoms with Crippen molar-refractivity contribution in [2.24, 2.45) is 11.8 Å². The van der Waals surface area contributed by atoms with Gasteiger partial charge in [-0.2, -0.15) is 26.3 Å². The predicted molar refractivity (Wildman–Crippen MR) is 73.3 cm³/mol. The van der Waals surface area contributed by atoms with E-state index in [0.29, 0.717) is 25.7 Å². The summed E-state index contributed by atoms with van der Waals surface area (Å²) in [5, 5.41) is 0. The molecule has 1 aliphatic rings. The molecule has 25 heavy (non-hydrogen) atoms. The zero-order valence-corrected chi connectivity index (χ0v) is 13.6. The quantitative estimate of drug-likeness (QED) is 0.514. The van der Waals surface area contributed by atoms with Crippen molar-refractivity contribution in [3.8, 4) is 0 Å². The van der Waals surface area contributed by atoms with Gasteiger partial charge in [-0.25, -0.2) is 4.79 Å². The summed E-state index contributed by atoms with van der Waals surface area (Å²) in [4.78, 5) is 21.8. The minimum absolute atomic E-state index is 0.163. The maximum Gasteiger partial charge on any atom is 0.490 e. The molecular weight excluding hydrogens is 358 g/mol. The Labute approximate surface area is 140 Å². The van der Waals surface area contributed by atoms with Crippen molar-refractivity contribution in [1.29, 1.82) is 0 Å². The van der Waals surface area contributed by atoms with E-state index in [1.807, 2.05) is 0 Å². The highest BCUT2D eigenvalue weighted by atomic mass is 19.4. The van der Waals surface area contributed by atoms with E-state index < -0.39 is 37.0 Å². The first-order valence-electron chi connectivity index (χ1n) is 7.93. The van der Waals surface area contributed by atoms with Gasteiger partial charge < -0.3 is 9.47 Å². The number of carbonyl (C=O) groups is 2. The van der Waals surface area contributed by atoms with Gasteiger partial charge in [0.25, 0.3) is 0 Å². The molecule has 10 heteroatoms. The van der Waals surface area contributed by atoms with Crippen LogP contribution in [0.4, 0.5) is 26.3 Å². The molecule has 0 spiro atoms. The van der Waals surface area contributed by atoms with E-state index in [0.717, 1.165) is 0 Å². The molecule has 1 fully saturated rings. The molecule has 0 radical (unpaired) electrons. The third-order valence-electron chi connectivity index (χ3n) is 4.12. The van der Waals surface area contributed by atoms with Gasteiger partial charge in [0.1, 0.15) is 0 Å². The van der Waals surface area contributed by atoms with Crippen LogP contribution in [0.2, 0.25) is 0 Å². The lowest BCUT2D eigenvalue weighted by atomic mass is 9.80. The van der Waals surface area contributed by atoms with Gasteiger partial charge in [-0.3, -0.25) is 4.79 Å². The molecule has 1 aliphatic carbocycles. The number of rotatable bonds is 6. The van der Waals surface area contributed by atoms with Crippen molar-refractivity contribution in [2.45, 2.75) is 63.9 Å². The third kappa shape index (κ3) is 7.52. The Bertz CT molecular complexity index is 452. The molecule has 1 saturated carbocycles. The van der Waals surface area contributed by atoms with E-state index in [1.165, 1.54) is 6.92 Å². The highest BCUT2D eigenvalue weighted by molar-refractivity contribution is 5.75. The number of esters is 2. The minimum atomic E-state index is -5.06. The second-order valence-corrected chi connectivity index (χ2v) is 6.09. The Hall–Kier alpha value is -1.48. The molecular formula is C15H20F6O4. The van der Waals surface area contributed by atoms with Gasteiger partial charge in [0.15, 0.2) is 6.10 Å². The van der Waals surface area contributed by atoms with Crippen molar-refractivity contribution in [3.05, 3.63) is 0 Å². The molecule has 0 N–H and O–H groups in total. The Kier molecular flexibility index (Phi) is 7.55. The summed E-state index contributed by atoms with van der Waals surface area (Å²) in [6.07, 6.45) is -11.1. The zero-order chi connectivity index (χ0) is 19.3. The second-order valence-electron chi connectivity index (χ2n) is 6.09. The van der Waals surface area contributed by atoms with Gasteiger partial charge >= 0.3 is 24.3 Å². The Balaban J connectivity index is 2.44. The molecule has 146 valence electrons. The van der Waals surface area contributed by atoms with Crippen molar-refractivity contribution in [2.75, 3.05) is 6.61 Å². The van der Waals surface area contributed by atoms with Crippen LogP contribution in [0.15, 0.2) is 0 Å². The molecule has 0 saturated heterocycles. The van der Waals surface area contributed by atoms with E-state index >= 15 is 0 Å². The lowest BCUT2D eigenvalue weighted by molar-refractivity contribution is -0.225. The molecule has 0 aromatic carbocycles. The van der Waals surface area contributed by atoms with E-state index in [4.69, 9.17) is 0 Å². The lowest BCUT2D eigenvalue weighted by Gasteiger charge is -2.31. The molecule has 0 amide bonds. The summed E-state index contributed by atoms with van der Waals surface area (Å²) in [6.45, 7) is 0.988. The van der Waals surface area contributed by atoms with E-state index in [2.05, 4.69) is 9.47 Å². The van der Waals surface area contributed by atoms with Gasteiger partial charge in [0.05, 0.1) is 6.61 Å². The molecule has 0 aromatic heterocycles. The monoisotopic (exact) mass is 378 g/mol. The highest BCUT2D eigenvalue weighted by Crippen LogP contribution is 2.36. The maximum atomic E-state index is 12.9. The van der Waals surface area contributed by atoms with Crippen LogP contribution in [-0.4, -0.2) is 37.0 Å². The average molecular weight is 378 g/mol. The standard InChI is InChI=1S/C15H20F6O4/c1-2-12(22)25-11(14(16,17)18)7-9-3-5-10(6-4-9)8-24-13(23)15(19,20)21/h9-11H,2-8H2,1H3. The summed E-state index contributed by atoms with van der Waals surface area (Å²) < 4.78 is 83.5. The molecule has 1 rings (SSSR count). The van der Waals surface area contributed by atoms with Crippen molar-refractivity contribution in [1.82, 2.24) is 0 Å². The fourth-order valence-electron chi connectivity index (χ4n) is 2.70. The van der Waals surface area contributed by atoms with Crippen LogP contribution >= 0.6 is 0 Å². The molecule has 0 aromatic rings. The zero-order valence-electron chi connectivity index (χ0n) is 13.6. The first kappa shape index (κ1) is 21.6. The summed E-state index contributed by atoms with van der Waals surface area (Å²) in [7, 11) is 0. The highest BCUT2D eigenvalue weighted by Gasteiger charge is 2.44. The van der Waals surface area contributed by atoms with Crippen LogP contribution in [0.3, 0.4) is 0 Å². The first-order chi connectivity index (χ1) is 11.4. The Morgan fingerprint density at radius 1 is 1.00 bits per heavy atom. The first-order valence-corrected chi connectivity index (χ1v) is 7.93. The van der Waals surface area contributed by atoms with Crippen LogP contribution in [-0.2, 0) is 19.1 Å². The van der Waals surface area contributed by atoms with Crippen molar-refractivity contribution >= 4 is 11.9 Å². The van der Waals surface area contributed by atoms with Crippen LogP contribution in [0.5, 0.6) is 0 Å². The average Bonchev–Trinajstić information content (AvgIpc) is 2.51. The van der Waals surface area contributed by atoms with Gasteiger partial charge in [-0.05, 0) is 43.9 Å². The van der Waals surface area contributed by atoms with E-state index in [1.54, 1.807) is 0 Å².